The predicted molar refractivity (Wildman–Crippen MR) is 246 cm³/mol. The maximum absolute atomic E-state index is 6.68. The zero-order valence-corrected chi connectivity index (χ0v) is 42.6. The smallest absolute Gasteiger partial charge is 1.00 e. The second kappa shape index (κ2) is 18.5. The molecule has 60 heavy (non-hydrogen) atoms. The van der Waals surface area contributed by atoms with Gasteiger partial charge in [0.1, 0.15) is 0 Å². The van der Waals surface area contributed by atoms with Gasteiger partial charge in [0.05, 0.1) is 0 Å². The minimum atomic E-state index is -2.73. The third kappa shape index (κ3) is 8.17. The summed E-state index contributed by atoms with van der Waals surface area (Å²) >= 11 is -2.73. The molecule has 2 unspecified atom stereocenters. The van der Waals surface area contributed by atoms with E-state index < -0.39 is 25.8 Å². The molecule has 2 aliphatic carbocycles. The second-order valence-electron chi connectivity index (χ2n) is 17.2. The van der Waals surface area contributed by atoms with E-state index in [0.29, 0.717) is 7.25 Å². The molecule has 0 saturated carbocycles. The second-order valence-corrected chi connectivity index (χ2v) is 35.1. The Hall–Kier alpha value is -3.40. The number of fused-ring (bicyclic) bond motifs is 2. The number of benzene rings is 4. The number of halogens is 2. The van der Waals surface area contributed by atoms with Crippen LogP contribution < -0.4 is 24.8 Å². The Labute approximate surface area is 380 Å². The summed E-state index contributed by atoms with van der Waals surface area (Å²) in [7, 11) is 0. The Morgan fingerprint density at radius 2 is 0.850 bits per heavy atom. The summed E-state index contributed by atoms with van der Waals surface area (Å²) in [6.07, 6.45) is 9.27. The molecule has 6 heteroatoms. The normalized spacial score (nSPS) is 15.1. The van der Waals surface area contributed by atoms with E-state index in [1.807, 2.05) is 0 Å². The van der Waals surface area contributed by atoms with Gasteiger partial charge in [0, 0.05) is 0 Å². The zero-order valence-electron chi connectivity index (χ0n) is 37.6. The fourth-order valence-electron chi connectivity index (χ4n) is 9.92. The van der Waals surface area contributed by atoms with Crippen LogP contribution in [0.3, 0.4) is 0 Å². The van der Waals surface area contributed by atoms with Gasteiger partial charge in [-0.3, -0.25) is 0 Å². The summed E-state index contributed by atoms with van der Waals surface area (Å²) in [6, 6.07) is 28.6. The van der Waals surface area contributed by atoms with E-state index in [1.165, 1.54) is 100 Å². The summed E-state index contributed by atoms with van der Waals surface area (Å²) in [5.74, 6) is 4.03. The molecule has 310 valence electrons. The molecule has 2 aromatic heterocycles. The number of hydrogen-bond donors (Lipinski definition) is 0. The van der Waals surface area contributed by atoms with Crippen molar-refractivity contribution >= 4 is 28.7 Å². The van der Waals surface area contributed by atoms with E-state index in [0.717, 1.165) is 48.7 Å². The van der Waals surface area contributed by atoms with Crippen molar-refractivity contribution in [1.82, 2.24) is 0 Å². The molecule has 0 aliphatic heterocycles. The van der Waals surface area contributed by atoms with Crippen LogP contribution in [-0.4, -0.2) is 5.43 Å². The average molecular weight is 931 g/mol. The Morgan fingerprint density at radius 1 is 0.500 bits per heavy atom. The largest absolute Gasteiger partial charge is 1.00 e. The quantitative estimate of drug-likeness (QED) is 0.128. The van der Waals surface area contributed by atoms with Gasteiger partial charge in [0.25, 0.3) is 0 Å². The molecular weight excluding hydrogens is 871 g/mol. The van der Waals surface area contributed by atoms with Gasteiger partial charge in [0.2, 0.25) is 0 Å². The first kappa shape index (κ1) is 46.1. The van der Waals surface area contributed by atoms with Crippen molar-refractivity contribution in [2.75, 3.05) is 0 Å². The van der Waals surface area contributed by atoms with Gasteiger partial charge < -0.3 is 24.8 Å². The van der Waals surface area contributed by atoms with Crippen LogP contribution in [0.4, 0.5) is 0 Å². The molecule has 4 aromatic carbocycles. The molecule has 0 fully saturated rings. The summed E-state index contributed by atoms with van der Waals surface area (Å²) in [5, 5.41) is 0. The third-order valence-corrected chi connectivity index (χ3v) is 32.4. The van der Waals surface area contributed by atoms with Gasteiger partial charge in [-0.25, -0.2) is 0 Å². The molecule has 2 heterocycles. The Balaban J connectivity index is 0.00000302. The maximum Gasteiger partial charge on any atom is -1.00 e. The van der Waals surface area contributed by atoms with Gasteiger partial charge >= 0.3 is 358 Å². The summed E-state index contributed by atoms with van der Waals surface area (Å²) in [4.78, 5) is 0. The first-order valence-electron chi connectivity index (χ1n) is 21.6. The maximum atomic E-state index is 6.68. The molecule has 2 nitrogen and oxygen atoms in total. The van der Waals surface area contributed by atoms with Crippen LogP contribution in [0.2, 0.25) is 13.1 Å². The van der Waals surface area contributed by atoms with Crippen LogP contribution in [0.15, 0.2) is 81.6 Å². The Bertz CT molecular complexity index is 2490. The van der Waals surface area contributed by atoms with Crippen LogP contribution in [0.5, 0.6) is 0 Å². The van der Waals surface area contributed by atoms with E-state index in [4.69, 9.17) is 8.83 Å². The summed E-state index contributed by atoms with van der Waals surface area (Å²) < 4.78 is 14.0. The van der Waals surface area contributed by atoms with Crippen molar-refractivity contribution in [3.63, 3.8) is 0 Å². The fraction of sp³-hybridized carbons (Fsp3) is 0.333. The molecule has 0 radical (unpaired) electrons. The van der Waals surface area contributed by atoms with Gasteiger partial charge in [0.15, 0.2) is 0 Å². The van der Waals surface area contributed by atoms with Crippen LogP contribution in [0.25, 0.3) is 45.6 Å². The zero-order chi connectivity index (χ0) is 41.2. The van der Waals surface area contributed by atoms with E-state index in [9.17, 15) is 0 Å². The van der Waals surface area contributed by atoms with Crippen LogP contribution in [0.1, 0.15) is 125 Å². The van der Waals surface area contributed by atoms with Crippen molar-refractivity contribution in [2.24, 2.45) is 0 Å². The monoisotopic (exact) mass is 928 g/mol. The fourth-order valence-corrected chi connectivity index (χ4v) is 29.7. The number of furan rings is 2. The standard InChI is InChI=1S/2C26H27O.C2H6Si.2ClH.Zr/c2*1-6-19-11-20(7-2)13-23(12-19)26-18(5)16(3)10-21-14-22(15-24(21)26)25-9-8-17(4)27-25;1-3-2;;;/h2*8-15H,6-7H2,1-5H3;1-2H3;2*1H;/q;;;;;+2/p-2. The van der Waals surface area contributed by atoms with E-state index in [2.05, 4.69) is 167 Å². The Kier molecular flexibility index (Phi) is 14.2. The summed E-state index contributed by atoms with van der Waals surface area (Å²) in [5.41, 5.74) is 24.6. The molecule has 0 spiro atoms. The van der Waals surface area contributed by atoms with Gasteiger partial charge in [-0.05, 0) is 0 Å². The third-order valence-electron chi connectivity index (χ3n) is 13.2. The van der Waals surface area contributed by atoms with Crippen molar-refractivity contribution < 1.29 is 54.0 Å². The van der Waals surface area contributed by atoms with E-state index >= 15 is 0 Å². The first-order valence-corrected chi connectivity index (χ1v) is 30.7. The van der Waals surface area contributed by atoms with Crippen LogP contribution in [-0.2, 0) is 46.1 Å². The molecule has 8 rings (SSSR count). The molecular formula is C54H60Cl2O2SiZr. The minimum Gasteiger partial charge on any atom is -1.00 e. The van der Waals surface area contributed by atoms with Crippen molar-refractivity contribution in [3.8, 4) is 22.3 Å². The van der Waals surface area contributed by atoms with Crippen LogP contribution >= 0.6 is 0 Å². The summed E-state index contributed by atoms with van der Waals surface area (Å²) in [6.45, 7) is 28.0. The molecule has 0 saturated heterocycles. The SMILES string of the molecule is CCc1cc(CC)cc(-c2c(C)c(C)cc3c2C=C(c2ccc(C)o2)[CH]3[Zr+2]([CH]2C(c3ccc(C)o3)=Cc3c2cc(C)c(C)c3-c2cc(CC)cc(CC)c2)=[Si](C)C)c1.[Cl-].[Cl-]. The van der Waals surface area contributed by atoms with Crippen molar-refractivity contribution in [2.45, 2.75) is 115 Å². The molecule has 2 atom stereocenters. The average Bonchev–Trinajstić information content (AvgIpc) is 4.01. The van der Waals surface area contributed by atoms with Crippen molar-refractivity contribution in [3.05, 3.63) is 163 Å². The number of allylic oxidation sites excluding steroid dienone is 2. The molecule has 2 aliphatic rings. The van der Waals surface area contributed by atoms with Crippen LogP contribution in [0, 0.1) is 41.5 Å². The van der Waals surface area contributed by atoms with E-state index in [-0.39, 0.29) is 24.8 Å². The Morgan fingerprint density at radius 3 is 1.13 bits per heavy atom. The van der Waals surface area contributed by atoms with Gasteiger partial charge in [-0.2, -0.15) is 0 Å². The van der Waals surface area contributed by atoms with Gasteiger partial charge in [-0.1, -0.05) is 0 Å². The first-order chi connectivity index (χ1) is 27.8. The molecule has 0 N–H and O–H groups in total. The topological polar surface area (TPSA) is 26.3 Å². The molecule has 6 aromatic rings. The van der Waals surface area contributed by atoms with Crippen molar-refractivity contribution in [1.29, 1.82) is 0 Å². The number of hydrogen-bond acceptors (Lipinski definition) is 2. The predicted octanol–water partition coefficient (Wildman–Crippen LogP) is 9.07. The molecule has 0 bridgehead atoms. The minimum absolute atomic E-state index is 0. The number of rotatable bonds is 10. The molecule has 0 amide bonds. The van der Waals surface area contributed by atoms with E-state index in [1.54, 1.807) is 0 Å². The van der Waals surface area contributed by atoms with Gasteiger partial charge in [-0.15, -0.1) is 0 Å². The number of aryl methyl sites for hydroxylation is 8.